The molecular weight excluding hydrogens is 192 g/mol. The lowest BCUT2D eigenvalue weighted by atomic mass is 10.2. The van der Waals surface area contributed by atoms with E-state index in [2.05, 4.69) is 11.8 Å². The number of amides is 1. The monoisotopic (exact) mass is 216 g/mol. The number of hydrogen-bond acceptors (Lipinski definition) is 3. The minimum absolute atomic E-state index is 0.188. The molecule has 0 unspecified atom stereocenters. The minimum Gasteiger partial charge on any atom is -0.396 e. The first-order valence-electron chi connectivity index (χ1n) is 5.65. The Morgan fingerprint density at radius 2 is 1.80 bits per heavy atom. The lowest BCUT2D eigenvalue weighted by molar-refractivity contribution is -0.128. The predicted octanol–water partition coefficient (Wildman–Crippen LogP) is 0.559. The van der Waals surface area contributed by atoms with Gasteiger partial charge in [-0.25, -0.2) is 0 Å². The van der Waals surface area contributed by atoms with E-state index in [0.717, 1.165) is 32.5 Å². The van der Waals surface area contributed by atoms with E-state index < -0.39 is 0 Å². The van der Waals surface area contributed by atoms with Gasteiger partial charge in [-0.1, -0.05) is 6.92 Å². The summed E-state index contributed by atoms with van der Waals surface area (Å²) in [5.41, 5.74) is 0. The molecule has 0 saturated carbocycles. The highest BCUT2D eigenvalue weighted by atomic mass is 16.3. The molecule has 1 N–H and O–H groups in total. The Hall–Kier alpha value is -0.610. The molecule has 0 saturated heterocycles. The van der Waals surface area contributed by atoms with Crippen LogP contribution in [0.4, 0.5) is 0 Å². The molecule has 0 atom stereocenters. The average molecular weight is 216 g/mol. The van der Waals surface area contributed by atoms with E-state index in [-0.39, 0.29) is 12.5 Å². The van der Waals surface area contributed by atoms with Crippen LogP contribution in [-0.2, 0) is 4.79 Å². The van der Waals surface area contributed by atoms with Gasteiger partial charge in [-0.15, -0.1) is 0 Å². The maximum absolute atomic E-state index is 11.3. The molecule has 0 spiro atoms. The van der Waals surface area contributed by atoms with Crippen LogP contribution in [0.25, 0.3) is 0 Å². The van der Waals surface area contributed by atoms with Gasteiger partial charge in [0.05, 0.1) is 0 Å². The molecule has 0 aliphatic rings. The average Bonchev–Trinajstić information content (AvgIpc) is 2.22. The molecule has 0 fully saturated rings. The topological polar surface area (TPSA) is 43.8 Å². The van der Waals surface area contributed by atoms with Crippen molar-refractivity contribution in [1.82, 2.24) is 9.80 Å². The quantitative estimate of drug-likeness (QED) is 0.645. The van der Waals surface area contributed by atoms with Crippen molar-refractivity contribution in [2.45, 2.75) is 26.2 Å². The molecule has 4 nitrogen and oxygen atoms in total. The molecule has 0 aromatic rings. The summed E-state index contributed by atoms with van der Waals surface area (Å²) in [5.74, 6) is 0.188. The van der Waals surface area contributed by atoms with Gasteiger partial charge >= 0.3 is 0 Å². The molecule has 0 aliphatic carbocycles. The first-order chi connectivity index (χ1) is 7.11. The van der Waals surface area contributed by atoms with Crippen LogP contribution in [0.15, 0.2) is 0 Å². The smallest absolute Gasteiger partial charge is 0.222 e. The van der Waals surface area contributed by atoms with E-state index >= 15 is 0 Å². The summed E-state index contributed by atoms with van der Waals surface area (Å²) in [6, 6.07) is 0. The zero-order chi connectivity index (χ0) is 11.7. The Morgan fingerprint density at radius 1 is 1.20 bits per heavy atom. The van der Waals surface area contributed by atoms with Crippen LogP contribution >= 0.6 is 0 Å². The molecule has 1 amide bonds. The van der Waals surface area contributed by atoms with Crippen LogP contribution in [0, 0.1) is 0 Å². The number of rotatable bonds is 8. The van der Waals surface area contributed by atoms with Crippen LogP contribution in [-0.4, -0.2) is 61.2 Å². The van der Waals surface area contributed by atoms with Gasteiger partial charge in [-0.2, -0.15) is 0 Å². The van der Waals surface area contributed by atoms with Crippen LogP contribution < -0.4 is 0 Å². The lowest BCUT2D eigenvalue weighted by Gasteiger charge is -2.20. The fourth-order valence-corrected chi connectivity index (χ4v) is 1.40. The number of carbonyl (C=O) groups is 1. The molecule has 0 heterocycles. The summed E-state index contributed by atoms with van der Waals surface area (Å²) >= 11 is 0. The van der Waals surface area contributed by atoms with Crippen molar-refractivity contribution in [3.63, 3.8) is 0 Å². The number of nitrogens with zero attached hydrogens (tertiary/aromatic N) is 2. The SMILES string of the molecule is CCN(CCCO)CCCC(=O)N(C)C. The van der Waals surface area contributed by atoms with Gasteiger partial charge in [0.15, 0.2) is 0 Å². The van der Waals surface area contributed by atoms with E-state index in [1.54, 1.807) is 19.0 Å². The van der Waals surface area contributed by atoms with Crippen LogP contribution in [0.1, 0.15) is 26.2 Å². The minimum atomic E-state index is 0.188. The van der Waals surface area contributed by atoms with E-state index in [1.165, 1.54) is 0 Å². The Bertz CT molecular complexity index is 172. The fraction of sp³-hybridized carbons (Fsp3) is 0.909. The number of aliphatic hydroxyl groups is 1. The predicted molar refractivity (Wildman–Crippen MR) is 61.7 cm³/mol. The Labute approximate surface area is 92.9 Å². The molecule has 0 aliphatic heterocycles. The maximum Gasteiger partial charge on any atom is 0.222 e. The van der Waals surface area contributed by atoms with Crippen molar-refractivity contribution in [3.05, 3.63) is 0 Å². The third-order valence-corrected chi connectivity index (χ3v) is 2.44. The number of hydrogen-bond donors (Lipinski definition) is 1. The second kappa shape index (κ2) is 8.68. The lowest BCUT2D eigenvalue weighted by Crippen LogP contribution is -2.28. The van der Waals surface area contributed by atoms with Gasteiger partial charge in [-0.05, 0) is 25.9 Å². The largest absolute Gasteiger partial charge is 0.396 e. The third-order valence-electron chi connectivity index (χ3n) is 2.44. The highest BCUT2D eigenvalue weighted by Crippen LogP contribution is 1.98. The van der Waals surface area contributed by atoms with Crippen molar-refractivity contribution < 1.29 is 9.90 Å². The van der Waals surface area contributed by atoms with Crippen molar-refractivity contribution in [2.75, 3.05) is 40.3 Å². The van der Waals surface area contributed by atoms with Crippen LogP contribution in [0.3, 0.4) is 0 Å². The van der Waals surface area contributed by atoms with Crippen molar-refractivity contribution in [3.8, 4) is 0 Å². The first-order valence-corrected chi connectivity index (χ1v) is 5.65. The summed E-state index contributed by atoms with van der Waals surface area (Å²) in [6.45, 7) is 5.19. The molecule has 0 aromatic heterocycles. The van der Waals surface area contributed by atoms with Crippen molar-refractivity contribution >= 4 is 5.91 Å². The maximum atomic E-state index is 11.3. The number of carbonyl (C=O) groups excluding carboxylic acids is 1. The second-order valence-electron chi connectivity index (χ2n) is 3.90. The third kappa shape index (κ3) is 7.33. The molecule has 15 heavy (non-hydrogen) atoms. The summed E-state index contributed by atoms with van der Waals surface area (Å²) in [4.78, 5) is 15.2. The normalized spacial score (nSPS) is 10.7. The van der Waals surface area contributed by atoms with E-state index in [9.17, 15) is 4.79 Å². The number of aliphatic hydroxyl groups excluding tert-OH is 1. The van der Waals surface area contributed by atoms with Gasteiger partial charge < -0.3 is 14.9 Å². The summed E-state index contributed by atoms with van der Waals surface area (Å²) in [5, 5.41) is 8.71. The van der Waals surface area contributed by atoms with E-state index in [0.29, 0.717) is 6.42 Å². The summed E-state index contributed by atoms with van der Waals surface area (Å²) in [6.07, 6.45) is 2.33. The fourth-order valence-electron chi connectivity index (χ4n) is 1.40. The second-order valence-corrected chi connectivity index (χ2v) is 3.90. The first kappa shape index (κ1) is 14.4. The molecular formula is C11H24N2O2. The molecule has 0 rings (SSSR count). The standard InChI is InChI=1S/C11H24N2O2/c1-4-13(9-6-10-14)8-5-7-11(15)12(2)3/h14H,4-10H2,1-3H3. The highest BCUT2D eigenvalue weighted by Gasteiger charge is 2.06. The Balaban J connectivity index is 3.58. The molecule has 0 radical (unpaired) electrons. The van der Waals surface area contributed by atoms with Crippen molar-refractivity contribution in [1.29, 1.82) is 0 Å². The van der Waals surface area contributed by atoms with E-state index in [1.807, 2.05) is 0 Å². The molecule has 0 aromatic carbocycles. The summed E-state index contributed by atoms with van der Waals surface area (Å²) in [7, 11) is 3.57. The Kier molecular flexibility index (Phi) is 8.33. The van der Waals surface area contributed by atoms with Gasteiger partial charge in [0.2, 0.25) is 5.91 Å². The zero-order valence-corrected chi connectivity index (χ0v) is 10.2. The summed E-state index contributed by atoms with van der Waals surface area (Å²) < 4.78 is 0. The molecule has 0 bridgehead atoms. The van der Waals surface area contributed by atoms with Gasteiger partial charge in [0, 0.05) is 33.7 Å². The zero-order valence-electron chi connectivity index (χ0n) is 10.2. The van der Waals surface area contributed by atoms with Gasteiger partial charge in [0.25, 0.3) is 0 Å². The van der Waals surface area contributed by atoms with Gasteiger partial charge in [0.1, 0.15) is 0 Å². The van der Waals surface area contributed by atoms with Crippen molar-refractivity contribution in [2.24, 2.45) is 0 Å². The van der Waals surface area contributed by atoms with Gasteiger partial charge in [-0.3, -0.25) is 4.79 Å². The molecule has 4 heteroatoms. The molecule has 90 valence electrons. The highest BCUT2D eigenvalue weighted by molar-refractivity contribution is 5.75. The van der Waals surface area contributed by atoms with Crippen LogP contribution in [0.2, 0.25) is 0 Å². The Morgan fingerprint density at radius 3 is 2.27 bits per heavy atom. The van der Waals surface area contributed by atoms with Crippen LogP contribution in [0.5, 0.6) is 0 Å². The van der Waals surface area contributed by atoms with E-state index in [4.69, 9.17) is 5.11 Å².